The van der Waals surface area contributed by atoms with E-state index in [0.717, 1.165) is 55.2 Å². The van der Waals surface area contributed by atoms with Gasteiger partial charge in [0.05, 0.1) is 5.39 Å². The number of thiophene rings is 1. The molecule has 1 amide bonds. The van der Waals surface area contributed by atoms with Gasteiger partial charge in [0.1, 0.15) is 17.3 Å². The van der Waals surface area contributed by atoms with Gasteiger partial charge < -0.3 is 15.2 Å². The molecule has 0 saturated heterocycles. The molecule has 2 heterocycles. The Kier molecular flexibility index (Phi) is 4.26. The van der Waals surface area contributed by atoms with Crippen LogP contribution >= 0.6 is 11.3 Å². The number of hydrogen-bond donors (Lipinski definition) is 2. The maximum atomic E-state index is 10.8. The summed E-state index contributed by atoms with van der Waals surface area (Å²) in [6.07, 6.45) is 8.63. The van der Waals surface area contributed by atoms with E-state index >= 15 is 0 Å². The maximum absolute atomic E-state index is 10.8. The number of carbonyl (C=O) groups is 1. The molecule has 2 aromatic heterocycles. The number of aryl methyl sites for hydroxylation is 2. The quantitative estimate of drug-likeness (QED) is 0.830. The molecule has 7 heteroatoms. The van der Waals surface area contributed by atoms with Crippen molar-refractivity contribution in [3.05, 3.63) is 16.8 Å². The van der Waals surface area contributed by atoms with Crippen LogP contribution in [0.5, 0.6) is 5.88 Å². The summed E-state index contributed by atoms with van der Waals surface area (Å²) in [5.41, 5.74) is 1.38. The second kappa shape index (κ2) is 6.55. The first kappa shape index (κ1) is 15.6. The van der Waals surface area contributed by atoms with Gasteiger partial charge in [-0.05, 0) is 56.9 Å². The standard InChI is InChI=1S/C17H21N3O3S/c21-17(22)20-10-3-1-4-11(8-7-10)23-15-14-12-5-2-6-13(12)24-16(14)19-9-18-15/h9-11,20H,1-8H2,(H,21,22). The van der Waals surface area contributed by atoms with Crippen molar-refractivity contribution >= 4 is 27.6 Å². The van der Waals surface area contributed by atoms with Gasteiger partial charge in [-0.15, -0.1) is 11.3 Å². The Morgan fingerprint density at radius 3 is 3.00 bits per heavy atom. The minimum atomic E-state index is -0.939. The number of amides is 1. The largest absolute Gasteiger partial charge is 0.474 e. The molecule has 0 spiro atoms. The minimum Gasteiger partial charge on any atom is -0.474 e. The highest BCUT2D eigenvalue weighted by molar-refractivity contribution is 7.18. The van der Waals surface area contributed by atoms with Crippen LogP contribution in [-0.2, 0) is 12.8 Å². The fourth-order valence-electron chi connectivity index (χ4n) is 3.85. The van der Waals surface area contributed by atoms with Crippen LogP contribution in [0.2, 0.25) is 0 Å². The zero-order valence-electron chi connectivity index (χ0n) is 13.5. The van der Waals surface area contributed by atoms with Gasteiger partial charge >= 0.3 is 6.09 Å². The van der Waals surface area contributed by atoms with E-state index in [-0.39, 0.29) is 12.1 Å². The van der Waals surface area contributed by atoms with Crippen LogP contribution in [0, 0.1) is 0 Å². The van der Waals surface area contributed by atoms with Gasteiger partial charge in [0.15, 0.2) is 0 Å². The molecule has 0 bridgehead atoms. The Bertz CT molecular complexity index is 761. The van der Waals surface area contributed by atoms with E-state index < -0.39 is 6.09 Å². The fraction of sp³-hybridized carbons (Fsp3) is 0.588. The topological polar surface area (TPSA) is 84.3 Å². The van der Waals surface area contributed by atoms with Crippen LogP contribution in [0.4, 0.5) is 4.79 Å². The van der Waals surface area contributed by atoms with Gasteiger partial charge in [0.2, 0.25) is 5.88 Å². The molecule has 128 valence electrons. The normalized spacial score (nSPS) is 23.7. The molecule has 2 aliphatic carbocycles. The molecule has 2 atom stereocenters. The van der Waals surface area contributed by atoms with E-state index in [1.165, 1.54) is 16.9 Å². The van der Waals surface area contributed by atoms with E-state index in [2.05, 4.69) is 15.3 Å². The number of rotatable bonds is 3. The molecule has 2 aliphatic rings. The second-order valence-corrected chi connectivity index (χ2v) is 7.69. The van der Waals surface area contributed by atoms with E-state index in [0.29, 0.717) is 5.88 Å². The fourth-order valence-corrected chi connectivity index (χ4v) is 5.07. The summed E-state index contributed by atoms with van der Waals surface area (Å²) < 4.78 is 6.27. The van der Waals surface area contributed by atoms with Crippen molar-refractivity contribution in [3.8, 4) is 5.88 Å². The number of aromatic nitrogens is 2. The number of nitrogens with one attached hydrogen (secondary N) is 1. The average molecular weight is 347 g/mol. The molecule has 0 aliphatic heterocycles. The van der Waals surface area contributed by atoms with Crippen LogP contribution in [-0.4, -0.2) is 33.3 Å². The number of fused-ring (bicyclic) bond motifs is 3. The van der Waals surface area contributed by atoms with Crippen LogP contribution in [0.3, 0.4) is 0 Å². The molecule has 6 nitrogen and oxygen atoms in total. The lowest BCUT2D eigenvalue weighted by Gasteiger charge is -2.17. The lowest BCUT2D eigenvalue weighted by molar-refractivity contribution is 0.174. The predicted octanol–water partition coefficient (Wildman–Crippen LogP) is 3.53. The monoisotopic (exact) mass is 347 g/mol. The van der Waals surface area contributed by atoms with Gasteiger partial charge in [-0.25, -0.2) is 14.8 Å². The van der Waals surface area contributed by atoms with Crippen molar-refractivity contribution in [2.75, 3.05) is 0 Å². The van der Waals surface area contributed by atoms with E-state index in [4.69, 9.17) is 9.84 Å². The van der Waals surface area contributed by atoms with Crippen LogP contribution in [0.1, 0.15) is 49.0 Å². The Morgan fingerprint density at radius 1 is 1.21 bits per heavy atom. The summed E-state index contributed by atoms with van der Waals surface area (Å²) in [4.78, 5) is 22.1. The third-order valence-corrected chi connectivity index (χ3v) is 6.19. The first-order valence-electron chi connectivity index (χ1n) is 8.62. The third kappa shape index (κ3) is 3.05. The van der Waals surface area contributed by atoms with Crippen molar-refractivity contribution < 1.29 is 14.6 Å². The molecule has 1 saturated carbocycles. The van der Waals surface area contributed by atoms with E-state index in [9.17, 15) is 4.79 Å². The predicted molar refractivity (Wildman–Crippen MR) is 91.9 cm³/mol. The Morgan fingerprint density at radius 2 is 2.12 bits per heavy atom. The highest BCUT2D eigenvalue weighted by atomic mass is 32.1. The first-order valence-corrected chi connectivity index (χ1v) is 9.43. The summed E-state index contributed by atoms with van der Waals surface area (Å²) in [6.45, 7) is 0. The van der Waals surface area contributed by atoms with Crippen LogP contribution in [0.25, 0.3) is 10.2 Å². The Balaban J connectivity index is 1.51. The summed E-state index contributed by atoms with van der Waals surface area (Å²) in [7, 11) is 0. The van der Waals surface area contributed by atoms with Gasteiger partial charge in [-0.3, -0.25) is 0 Å². The van der Waals surface area contributed by atoms with Crippen molar-refractivity contribution in [1.82, 2.24) is 15.3 Å². The first-order chi connectivity index (χ1) is 11.7. The van der Waals surface area contributed by atoms with Crippen molar-refractivity contribution in [2.24, 2.45) is 0 Å². The van der Waals surface area contributed by atoms with Crippen molar-refractivity contribution in [3.63, 3.8) is 0 Å². The molecule has 2 unspecified atom stereocenters. The molecule has 2 aromatic rings. The highest BCUT2D eigenvalue weighted by Gasteiger charge is 2.25. The highest BCUT2D eigenvalue weighted by Crippen LogP contribution is 2.40. The average Bonchev–Trinajstić information content (AvgIpc) is 3.05. The minimum absolute atomic E-state index is 0.0342. The van der Waals surface area contributed by atoms with Gasteiger partial charge in [-0.2, -0.15) is 0 Å². The van der Waals surface area contributed by atoms with Crippen molar-refractivity contribution in [2.45, 2.75) is 63.5 Å². The number of hydrogen-bond acceptors (Lipinski definition) is 5. The van der Waals surface area contributed by atoms with Crippen LogP contribution in [0.15, 0.2) is 6.33 Å². The number of carboxylic acid groups (broad SMARTS) is 1. The van der Waals surface area contributed by atoms with Gasteiger partial charge in [0.25, 0.3) is 0 Å². The lowest BCUT2D eigenvalue weighted by atomic mass is 10.1. The molecular weight excluding hydrogens is 326 g/mol. The third-order valence-electron chi connectivity index (χ3n) is 4.99. The molecule has 0 radical (unpaired) electrons. The van der Waals surface area contributed by atoms with Crippen LogP contribution < -0.4 is 10.1 Å². The second-order valence-electron chi connectivity index (χ2n) is 6.61. The Labute approximate surface area is 144 Å². The summed E-state index contributed by atoms with van der Waals surface area (Å²) >= 11 is 1.77. The molecule has 0 aromatic carbocycles. The smallest absolute Gasteiger partial charge is 0.404 e. The van der Waals surface area contributed by atoms with Crippen molar-refractivity contribution in [1.29, 1.82) is 0 Å². The Hall–Kier alpha value is -1.89. The summed E-state index contributed by atoms with van der Waals surface area (Å²) in [5.74, 6) is 0.717. The molecule has 4 rings (SSSR count). The number of nitrogens with zero attached hydrogens (tertiary/aromatic N) is 2. The summed E-state index contributed by atoms with van der Waals surface area (Å²) in [6, 6.07) is 0.0342. The molecule has 1 fully saturated rings. The van der Waals surface area contributed by atoms with E-state index in [1.807, 2.05) is 0 Å². The lowest BCUT2D eigenvalue weighted by Crippen LogP contribution is -2.33. The zero-order chi connectivity index (χ0) is 16.5. The SMILES string of the molecule is O=C(O)NC1CCCC(Oc2ncnc3sc4c(c23)CCC4)CC1. The number of ether oxygens (including phenoxy) is 1. The molecule has 24 heavy (non-hydrogen) atoms. The molecule has 2 N–H and O–H groups in total. The van der Waals surface area contributed by atoms with Gasteiger partial charge in [-0.1, -0.05) is 0 Å². The summed E-state index contributed by atoms with van der Waals surface area (Å²) in [5, 5.41) is 12.6. The zero-order valence-corrected chi connectivity index (χ0v) is 14.3. The molecular formula is C17H21N3O3S. The maximum Gasteiger partial charge on any atom is 0.404 e. The van der Waals surface area contributed by atoms with E-state index in [1.54, 1.807) is 17.7 Å². The van der Waals surface area contributed by atoms with Gasteiger partial charge in [0, 0.05) is 10.9 Å².